The minimum Gasteiger partial charge on any atom is -0.493 e. The molecule has 0 aliphatic carbocycles. The van der Waals surface area contributed by atoms with E-state index in [0.717, 1.165) is 5.56 Å². The van der Waals surface area contributed by atoms with Crippen molar-refractivity contribution in [2.45, 2.75) is 13.3 Å². The molecule has 7 nitrogen and oxygen atoms in total. The number of carbonyl (C=O) groups excluding carboxylic acids is 2. The van der Waals surface area contributed by atoms with E-state index in [1.54, 1.807) is 41.0 Å². The maximum atomic E-state index is 13.8. The number of benzene rings is 2. The molecule has 2 aromatic rings. The number of aryl methyl sites for hydroxylation is 1. The first-order valence-corrected chi connectivity index (χ1v) is 10.00. The van der Waals surface area contributed by atoms with Gasteiger partial charge in [0, 0.05) is 31.7 Å². The lowest BCUT2D eigenvalue weighted by Crippen LogP contribution is -2.51. The zero-order valence-electron chi connectivity index (χ0n) is 18.2. The van der Waals surface area contributed by atoms with Crippen molar-refractivity contribution >= 4 is 11.8 Å². The lowest BCUT2D eigenvalue weighted by molar-refractivity contribution is -0.131. The average molecular weight is 430 g/mol. The number of hydrogen-bond donors (Lipinski definition) is 0. The normalized spacial score (nSPS) is 13.7. The van der Waals surface area contributed by atoms with Gasteiger partial charge in [0.15, 0.2) is 11.5 Å². The first kappa shape index (κ1) is 22.4. The molecule has 31 heavy (non-hydrogen) atoms. The van der Waals surface area contributed by atoms with E-state index < -0.39 is 5.82 Å². The summed E-state index contributed by atoms with van der Waals surface area (Å²) in [5, 5.41) is 0. The second kappa shape index (κ2) is 9.68. The van der Waals surface area contributed by atoms with Crippen LogP contribution in [0, 0.1) is 12.7 Å². The number of piperazine rings is 1. The molecular weight excluding hydrogens is 403 g/mol. The summed E-state index contributed by atoms with van der Waals surface area (Å²) in [7, 11) is 4.58. The molecule has 1 aliphatic heterocycles. The van der Waals surface area contributed by atoms with Crippen LogP contribution in [0.1, 0.15) is 21.5 Å². The van der Waals surface area contributed by atoms with Crippen LogP contribution in [0.2, 0.25) is 0 Å². The smallest absolute Gasteiger partial charge is 0.254 e. The largest absolute Gasteiger partial charge is 0.493 e. The third kappa shape index (κ3) is 4.90. The number of nitrogens with zero attached hydrogens (tertiary/aromatic N) is 2. The van der Waals surface area contributed by atoms with E-state index in [1.807, 2.05) is 0 Å². The van der Waals surface area contributed by atoms with Crippen LogP contribution in [0.5, 0.6) is 17.2 Å². The summed E-state index contributed by atoms with van der Waals surface area (Å²) in [5.41, 5.74) is 1.56. The molecule has 0 spiro atoms. The maximum Gasteiger partial charge on any atom is 0.254 e. The van der Waals surface area contributed by atoms with E-state index in [-0.39, 0.29) is 18.2 Å². The fraction of sp³-hybridized carbons (Fsp3) is 0.391. The van der Waals surface area contributed by atoms with E-state index >= 15 is 0 Å². The number of halogens is 1. The van der Waals surface area contributed by atoms with Gasteiger partial charge in [0.2, 0.25) is 11.7 Å². The molecule has 1 aliphatic rings. The molecule has 1 fully saturated rings. The van der Waals surface area contributed by atoms with Crippen LogP contribution in [0.3, 0.4) is 0 Å². The summed E-state index contributed by atoms with van der Waals surface area (Å²) in [6.45, 7) is 3.29. The summed E-state index contributed by atoms with van der Waals surface area (Å²) in [6, 6.07) is 8.00. The van der Waals surface area contributed by atoms with Crippen molar-refractivity contribution in [1.82, 2.24) is 9.80 Å². The molecule has 0 aromatic heterocycles. The van der Waals surface area contributed by atoms with Crippen molar-refractivity contribution in [3.8, 4) is 17.2 Å². The Hall–Kier alpha value is -3.29. The fourth-order valence-electron chi connectivity index (χ4n) is 3.59. The lowest BCUT2D eigenvalue weighted by Gasteiger charge is -2.35. The van der Waals surface area contributed by atoms with Gasteiger partial charge in [-0.2, -0.15) is 0 Å². The topological polar surface area (TPSA) is 68.3 Å². The number of hydrogen-bond acceptors (Lipinski definition) is 5. The molecule has 0 radical (unpaired) electrons. The van der Waals surface area contributed by atoms with Crippen LogP contribution in [0.25, 0.3) is 0 Å². The van der Waals surface area contributed by atoms with E-state index in [0.29, 0.717) is 54.6 Å². The highest BCUT2D eigenvalue weighted by molar-refractivity contribution is 5.94. The van der Waals surface area contributed by atoms with Crippen molar-refractivity contribution in [3.63, 3.8) is 0 Å². The van der Waals surface area contributed by atoms with E-state index in [2.05, 4.69) is 0 Å². The van der Waals surface area contributed by atoms with E-state index in [1.165, 1.54) is 27.4 Å². The molecule has 3 rings (SSSR count). The number of methoxy groups -OCH3 is 3. The van der Waals surface area contributed by atoms with Crippen molar-refractivity contribution in [3.05, 3.63) is 52.8 Å². The summed E-state index contributed by atoms with van der Waals surface area (Å²) < 4.78 is 29.8. The maximum absolute atomic E-state index is 13.8. The average Bonchev–Trinajstić information content (AvgIpc) is 2.79. The Morgan fingerprint density at radius 2 is 1.48 bits per heavy atom. The van der Waals surface area contributed by atoms with Crippen LogP contribution in [-0.2, 0) is 11.2 Å². The highest BCUT2D eigenvalue weighted by Crippen LogP contribution is 2.38. The Kier molecular flexibility index (Phi) is 6.99. The van der Waals surface area contributed by atoms with Gasteiger partial charge in [-0.3, -0.25) is 9.59 Å². The molecule has 0 saturated carbocycles. The van der Waals surface area contributed by atoms with Crippen LogP contribution in [0.4, 0.5) is 4.39 Å². The van der Waals surface area contributed by atoms with Gasteiger partial charge >= 0.3 is 0 Å². The molecule has 8 heteroatoms. The minimum atomic E-state index is -0.398. The van der Waals surface area contributed by atoms with Crippen molar-refractivity contribution < 1.29 is 28.2 Å². The van der Waals surface area contributed by atoms with Crippen molar-refractivity contribution in [2.24, 2.45) is 0 Å². The molecule has 0 atom stereocenters. The van der Waals surface area contributed by atoms with Gasteiger partial charge in [0.1, 0.15) is 5.82 Å². The minimum absolute atomic E-state index is 0.0530. The highest BCUT2D eigenvalue weighted by Gasteiger charge is 2.26. The third-order valence-electron chi connectivity index (χ3n) is 5.42. The fourth-order valence-corrected chi connectivity index (χ4v) is 3.59. The zero-order chi connectivity index (χ0) is 22.5. The standard InChI is InChI=1S/C23H27FN2O5/c1-15-5-6-17(14-18(15)24)23(28)26-9-7-25(8-10-26)21(27)13-16-11-19(29-2)22(31-4)20(12-16)30-3/h5-6,11-12,14H,7-10,13H2,1-4H3. The molecule has 1 saturated heterocycles. The van der Waals surface area contributed by atoms with Crippen LogP contribution >= 0.6 is 0 Å². The number of rotatable bonds is 6. The van der Waals surface area contributed by atoms with Gasteiger partial charge in [-0.05, 0) is 42.3 Å². The number of amides is 2. The molecular formula is C23H27FN2O5. The second-order valence-corrected chi connectivity index (χ2v) is 7.35. The third-order valence-corrected chi connectivity index (χ3v) is 5.42. The molecule has 2 amide bonds. The summed E-state index contributed by atoms with van der Waals surface area (Å²) in [4.78, 5) is 28.8. The van der Waals surface area contributed by atoms with E-state index in [4.69, 9.17) is 14.2 Å². The van der Waals surface area contributed by atoms with E-state index in [9.17, 15) is 14.0 Å². The molecule has 0 unspecified atom stereocenters. The van der Waals surface area contributed by atoms with Crippen LogP contribution < -0.4 is 14.2 Å². The molecule has 166 valence electrons. The first-order valence-electron chi connectivity index (χ1n) is 10.00. The number of ether oxygens (including phenoxy) is 3. The summed E-state index contributed by atoms with van der Waals surface area (Å²) in [6.07, 6.45) is 0.174. The first-order chi connectivity index (χ1) is 14.9. The molecule has 2 aromatic carbocycles. The summed E-state index contributed by atoms with van der Waals surface area (Å²) >= 11 is 0. The SMILES string of the molecule is COc1cc(CC(=O)N2CCN(C(=O)c3ccc(C)c(F)c3)CC2)cc(OC)c1OC. The van der Waals surface area contributed by atoms with Crippen LogP contribution in [0.15, 0.2) is 30.3 Å². The Balaban J connectivity index is 1.63. The van der Waals surface area contributed by atoms with Gasteiger partial charge in [-0.15, -0.1) is 0 Å². The van der Waals surface area contributed by atoms with Gasteiger partial charge in [-0.1, -0.05) is 6.07 Å². The Labute approximate surface area is 181 Å². The van der Waals surface area contributed by atoms with Crippen molar-refractivity contribution in [1.29, 1.82) is 0 Å². The Bertz CT molecular complexity index is 945. The van der Waals surface area contributed by atoms with Gasteiger partial charge in [0.25, 0.3) is 5.91 Å². The van der Waals surface area contributed by atoms with Crippen molar-refractivity contribution in [2.75, 3.05) is 47.5 Å². The quantitative estimate of drug-likeness (QED) is 0.705. The Morgan fingerprint density at radius 1 is 0.903 bits per heavy atom. The Morgan fingerprint density at radius 3 is 2.00 bits per heavy atom. The predicted octanol–water partition coefficient (Wildman–Crippen LogP) is 2.69. The lowest BCUT2D eigenvalue weighted by atomic mass is 10.1. The molecule has 1 heterocycles. The zero-order valence-corrected chi connectivity index (χ0v) is 18.2. The predicted molar refractivity (Wildman–Crippen MR) is 113 cm³/mol. The van der Waals surface area contributed by atoms with Gasteiger partial charge in [0.05, 0.1) is 27.8 Å². The monoisotopic (exact) mass is 430 g/mol. The summed E-state index contributed by atoms with van der Waals surface area (Å²) in [5.74, 6) is 0.778. The second-order valence-electron chi connectivity index (χ2n) is 7.35. The number of carbonyl (C=O) groups is 2. The molecule has 0 bridgehead atoms. The van der Waals surface area contributed by atoms with Gasteiger partial charge in [-0.25, -0.2) is 4.39 Å². The molecule has 0 N–H and O–H groups in total. The van der Waals surface area contributed by atoms with Gasteiger partial charge < -0.3 is 24.0 Å². The van der Waals surface area contributed by atoms with Crippen LogP contribution in [-0.4, -0.2) is 69.1 Å². The highest BCUT2D eigenvalue weighted by atomic mass is 19.1.